The first kappa shape index (κ1) is 17.9. The summed E-state index contributed by atoms with van der Waals surface area (Å²) in [5.74, 6) is 1.81. The number of amides is 1. The molecule has 0 radical (unpaired) electrons. The maximum atomic E-state index is 13.0. The maximum absolute atomic E-state index is 13.0. The predicted octanol–water partition coefficient (Wildman–Crippen LogP) is 1.92. The first-order valence-electron chi connectivity index (χ1n) is 7.25. The molecule has 3 N–H and O–H groups in total. The van der Waals surface area contributed by atoms with Gasteiger partial charge in [0.2, 0.25) is 17.8 Å². The fourth-order valence-corrected chi connectivity index (χ4v) is 2.59. The first-order chi connectivity index (χ1) is 11.4. The molecule has 0 fully saturated rings. The number of rotatable bonds is 7. The first-order valence-corrected chi connectivity index (χ1v) is 8.40. The molecular weight excluding hydrogens is 331 g/mol. The van der Waals surface area contributed by atoms with Gasteiger partial charge in [-0.15, -0.1) is 0 Å². The SMILES string of the molecule is CN(C)c1nc(N)nc(CSCCC(=O)Nc2cccc(F)c2)n1. The second-order valence-electron chi connectivity index (χ2n) is 5.17. The van der Waals surface area contributed by atoms with Crippen LogP contribution in [-0.2, 0) is 10.5 Å². The van der Waals surface area contributed by atoms with Gasteiger partial charge in [0.15, 0.2) is 0 Å². The van der Waals surface area contributed by atoms with Crippen LogP contribution in [0, 0.1) is 5.82 Å². The molecule has 0 aliphatic rings. The molecule has 2 rings (SSSR count). The largest absolute Gasteiger partial charge is 0.368 e. The van der Waals surface area contributed by atoms with Gasteiger partial charge in [0.25, 0.3) is 0 Å². The molecular formula is C15H19FN6OS. The summed E-state index contributed by atoms with van der Waals surface area (Å²) >= 11 is 1.52. The van der Waals surface area contributed by atoms with Crippen molar-refractivity contribution in [1.29, 1.82) is 0 Å². The van der Waals surface area contributed by atoms with Crippen molar-refractivity contribution in [2.24, 2.45) is 0 Å². The number of hydrogen-bond donors (Lipinski definition) is 2. The Hall–Kier alpha value is -2.42. The molecule has 1 amide bonds. The fourth-order valence-electron chi connectivity index (χ4n) is 1.81. The zero-order valence-corrected chi connectivity index (χ0v) is 14.3. The molecule has 0 spiro atoms. The van der Waals surface area contributed by atoms with E-state index in [1.807, 2.05) is 14.1 Å². The summed E-state index contributed by atoms with van der Waals surface area (Å²) in [7, 11) is 3.64. The van der Waals surface area contributed by atoms with E-state index in [-0.39, 0.29) is 17.7 Å². The molecule has 2 aromatic rings. The van der Waals surface area contributed by atoms with Crippen molar-refractivity contribution in [3.05, 3.63) is 35.9 Å². The van der Waals surface area contributed by atoms with Gasteiger partial charge in [0.05, 0.1) is 5.75 Å². The average molecular weight is 350 g/mol. The van der Waals surface area contributed by atoms with E-state index in [1.54, 1.807) is 17.0 Å². The number of carbonyl (C=O) groups excluding carboxylic acids is 1. The molecule has 1 aromatic carbocycles. The molecule has 128 valence electrons. The van der Waals surface area contributed by atoms with Crippen molar-refractivity contribution < 1.29 is 9.18 Å². The molecule has 1 heterocycles. The molecule has 0 saturated carbocycles. The maximum Gasteiger partial charge on any atom is 0.229 e. The second-order valence-corrected chi connectivity index (χ2v) is 6.27. The number of anilines is 3. The van der Waals surface area contributed by atoms with Crippen LogP contribution in [0.5, 0.6) is 0 Å². The Morgan fingerprint density at radius 1 is 1.33 bits per heavy atom. The summed E-state index contributed by atoms with van der Waals surface area (Å²) in [4.78, 5) is 26.0. The number of benzene rings is 1. The quantitative estimate of drug-likeness (QED) is 0.736. The minimum atomic E-state index is -0.383. The lowest BCUT2D eigenvalue weighted by molar-refractivity contribution is -0.115. The Morgan fingerprint density at radius 3 is 2.83 bits per heavy atom. The van der Waals surface area contributed by atoms with E-state index >= 15 is 0 Å². The van der Waals surface area contributed by atoms with Crippen molar-refractivity contribution in [2.45, 2.75) is 12.2 Å². The number of nitrogens with zero attached hydrogens (tertiary/aromatic N) is 4. The molecule has 7 nitrogen and oxygen atoms in total. The third kappa shape index (κ3) is 5.65. The summed E-state index contributed by atoms with van der Waals surface area (Å²) in [5, 5.41) is 2.65. The van der Waals surface area contributed by atoms with E-state index in [9.17, 15) is 9.18 Å². The highest BCUT2D eigenvalue weighted by Gasteiger charge is 2.07. The standard InChI is InChI=1S/C15H19FN6OS/c1-22(2)15-20-12(19-14(17)21-15)9-24-7-6-13(23)18-11-5-3-4-10(16)8-11/h3-5,8H,6-7,9H2,1-2H3,(H,18,23)(H2,17,19,20,21). The van der Waals surface area contributed by atoms with E-state index in [0.29, 0.717) is 35.4 Å². The van der Waals surface area contributed by atoms with E-state index in [1.165, 1.54) is 23.9 Å². The number of nitrogens with one attached hydrogen (secondary N) is 1. The van der Waals surface area contributed by atoms with Gasteiger partial charge in [-0.05, 0) is 18.2 Å². The second kappa shape index (κ2) is 8.44. The van der Waals surface area contributed by atoms with Gasteiger partial charge < -0.3 is 16.0 Å². The summed E-state index contributed by atoms with van der Waals surface area (Å²) in [5.41, 5.74) is 6.10. The zero-order valence-electron chi connectivity index (χ0n) is 13.5. The lowest BCUT2D eigenvalue weighted by Crippen LogP contribution is -2.16. The van der Waals surface area contributed by atoms with Gasteiger partial charge in [-0.2, -0.15) is 26.7 Å². The molecule has 0 aliphatic carbocycles. The van der Waals surface area contributed by atoms with Crippen LogP contribution >= 0.6 is 11.8 Å². The summed E-state index contributed by atoms with van der Waals surface area (Å²) in [6.45, 7) is 0. The van der Waals surface area contributed by atoms with Crippen molar-refractivity contribution in [2.75, 3.05) is 35.8 Å². The molecule has 0 bridgehead atoms. The van der Waals surface area contributed by atoms with Crippen LogP contribution in [0.3, 0.4) is 0 Å². The van der Waals surface area contributed by atoms with Crippen LogP contribution in [0.15, 0.2) is 24.3 Å². The van der Waals surface area contributed by atoms with Crippen molar-refractivity contribution in [3.63, 3.8) is 0 Å². The van der Waals surface area contributed by atoms with Gasteiger partial charge >= 0.3 is 0 Å². The molecule has 24 heavy (non-hydrogen) atoms. The van der Waals surface area contributed by atoms with E-state index in [4.69, 9.17) is 5.73 Å². The summed E-state index contributed by atoms with van der Waals surface area (Å²) in [6, 6.07) is 5.80. The number of halogens is 1. The van der Waals surface area contributed by atoms with Crippen LogP contribution in [0.4, 0.5) is 22.0 Å². The van der Waals surface area contributed by atoms with Crippen molar-refractivity contribution >= 4 is 35.3 Å². The highest BCUT2D eigenvalue weighted by atomic mass is 32.2. The molecule has 0 atom stereocenters. The van der Waals surface area contributed by atoms with Gasteiger partial charge in [0.1, 0.15) is 11.6 Å². The monoisotopic (exact) mass is 350 g/mol. The number of thioether (sulfide) groups is 1. The minimum Gasteiger partial charge on any atom is -0.368 e. The number of nitrogens with two attached hydrogens (primary N) is 1. The number of aromatic nitrogens is 3. The van der Waals surface area contributed by atoms with E-state index in [0.717, 1.165) is 0 Å². The number of carbonyl (C=O) groups is 1. The van der Waals surface area contributed by atoms with Crippen LogP contribution in [-0.4, -0.2) is 40.7 Å². The Morgan fingerprint density at radius 2 is 2.12 bits per heavy atom. The van der Waals surface area contributed by atoms with E-state index < -0.39 is 0 Å². The third-order valence-electron chi connectivity index (χ3n) is 2.90. The van der Waals surface area contributed by atoms with Crippen LogP contribution in [0.1, 0.15) is 12.2 Å². The molecule has 0 aliphatic heterocycles. The fraction of sp³-hybridized carbons (Fsp3) is 0.333. The highest BCUT2D eigenvalue weighted by molar-refractivity contribution is 7.98. The van der Waals surface area contributed by atoms with Gasteiger partial charge in [-0.1, -0.05) is 6.07 Å². The molecule has 1 aromatic heterocycles. The lowest BCUT2D eigenvalue weighted by atomic mass is 10.3. The van der Waals surface area contributed by atoms with Gasteiger partial charge in [0, 0.05) is 32.0 Å². The van der Waals surface area contributed by atoms with E-state index in [2.05, 4.69) is 20.3 Å². The Labute approximate surface area is 143 Å². The highest BCUT2D eigenvalue weighted by Crippen LogP contribution is 2.14. The van der Waals surface area contributed by atoms with Crippen LogP contribution < -0.4 is 16.0 Å². The molecule has 0 saturated heterocycles. The summed E-state index contributed by atoms with van der Waals surface area (Å²) < 4.78 is 13.0. The number of hydrogen-bond acceptors (Lipinski definition) is 7. The Kier molecular flexibility index (Phi) is 6.30. The Bertz CT molecular complexity index is 712. The molecule has 0 unspecified atom stereocenters. The predicted molar refractivity (Wildman–Crippen MR) is 94.4 cm³/mol. The Balaban J connectivity index is 1.77. The topological polar surface area (TPSA) is 97.0 Å². The zero-order chi connectivity index (χ0) is 17.5. The molecule has 9 heteroatoms. The smallest absolute Gasteiger partial charge is 0.229 e. The van der Waals surface area contributed by atoms with Crippen molar-refractivity contribution in [1.82, 2.24) is 15.0 Å². The van der Waals surface area contributed by atoms with Crippen LogP contribution in [0.25, 0.3) is 0 Å². The average Bonchev–Trinajstić information content (AvgIpc) is 2.51. The normalized spacial score (nSPS) is 10.5. The number of nitrogen functional groups attached to an aromatic ring is 1. The summed E-state index contributed by atoms with van der Waals surface area (Å²) in [6.07, 6.45) is 0.308. The van der Waals surface area contributed by atoms with Crippen LogP contribution in [0.2, 0.25) is 0 Å². The van der Waals surface area contributed by atoms with Gasteiger partial charge in [-0.3, -0.25) is 4.79 Å². The minimum absolute atomic E-state index is 0.169. The van der Waals surface area contributed by atoms with Crippen molar-refractivity contribution in [3.8, 4) is 0 Å². The van der Waals surface area contributed by atoms with Gasteiger partial charge in [-0.25, -0.2) is 4.39 Å². The lowest BCUT2D eigenvalue weighted by Gasteiger charge is -2.11. The third-order valence-corrected chi connectivity index (χ3v) is 3.86.